The maximum absolute atomic E-state index is 6.42. The third kappa shape index (κ3) is 5.85. The van der Waals surface area contributed by atoms with Gasteiger partial charge >= 0.3 is 0 Å². The van der Waals surface area contributed by atoms with Crippen LogP contribution >= 0.6 is 11.3 Å². The molecule has 0 saturated carbocycles. The second kappa shape index (κ2) is 15.0. The molecule has 10 rings (SSSR count). The topological polar surface area (TPSA) is 3.24 Å². The van der Waals surface area contributed by atoms with Crippen LogP contribution in [-0.4, -0.2) is 0 Å². The minimum Gasteiger partial charge on any atom is -0.310 e. The SMILES string of the molecule is C#CC1=C(/C=C\C)C(c2ccccc2)(c2cccc3c2sc2cc(N(c4ccc(C5=CC=CCC5)cc4)c4ccc(-c5ccccc5)cc4)ccc23)C2=CCCC=C21. The maximum atomic E-state index is 6.42. The molecule has 1 atom stereocenters. The highest BCUT2D eigenvalue weighted by Gasteiger charge is 2.50. The number of hydrogen-bond donors (Lipinski definition) is 0. The first kappa shape index (κ1) is 35.7. The first-order valence-corrected chi connectivity index (χ1v) is 21.2. The fourth-order valence-corrected chi connectivity index (χ4v) is 10.8. The first-order chi connectivity index (χ1) is 28.7. The summed E-state index contributed by atoms with van der Waals surface area (Å²) in [6.45, 7) is 2.10. The third-order valence-corrected chi connectivity index (χ3v) is 13.3. The molecule has 1 unspecified atom stereocenters. The Kier molecular flexibility index (Phi) is 9.25. The molecule has 3 aliphatic carbocycles. The lowest BCUT2D eigenvalue weighted by molar-refractivity contribution is 0.753. The monoisotopic (exact) mass is 761 g/mol. The summed E-state index contributed by atoms with van der Waals surface area (Å²) in [7, 11) is 0. The summed E-state index contributed by atoms with van der Waals surface area (Å²) in [5.41, 5.74) is 15.2. The van der Waals surface area contributed by atoms with Gasteiger partial charge in [-0.05, 0) is 119 Å². The molecule has 1 nitrogen and oxygen atoms in total. The van der Waals surface area contributed by atoms with E-state index >= 15 is 0 Å². The van der Waals surface area contributed by atoms with Crippen LogP contribution in [0.5, 0.6) is 0 Å². The van der Waals surface area contributed by atoms with Crippen molar-refractivity contribution in [3.8, 4) is 23.5 Å². The van der Waals surface area contributed by atoms with E-state index in [4.69, 9.17) is 6.42 Å². The predicted molar refractivity (Wildman–Crippen MR) is 249 cm³/mol. The molecule has 0 fully saturated rings. The largest absolute Gasteiger partial charge is 0.310 e. The molecule has 0 amide bonds. The number of rotatable bonds is 8. The maximum Gasteiger partial charge on any atom is 0.0730 e. The van der Waals surface area contributed by atoms with E-state index < -0.39 is 5.41 Å². The van der Waals surface area contributed by atoms with Crippen molar-refractivity contribution in [3.63, 3.8) is 0 Å². The van der Waals surface area contributed by atoms with Gasteiger partial charge in [0.1, 0.15) is 0 Å². The average Bonchev–Trinajstić information content (AvgIpc) is 3.81. The molecule has 58 heavy (non-hydrogen) atoms. The summed E-state index contributed by atoms with van der Waals surface area (Å²) < 4.78 is 2.55. The van der Waals surface area contributed by atoms with E-state index in [0.29, 0.717) is 0 Å². The number of allylic oxidation sites excluding steroid dienone is 12. The molecule has 0 aliphatic heterocycles. The van der Waals surface area contributed by atoms with E-state index in [1.165, 1.54) is 70.3 Å². The predicted octanol–water partition coefficient (Wildman–Crippen LogP) is 15.4. The van der Waals surface area contributed by atoms with Crippen molar-refractivity contribution in [2.45, 2.75) is 38.0 Å². The van der Waals surface area contributed by atoms with Gasteiger partial charge in [-0.1, -0.05) is 158 Å². The van der Waals surface area contributed by atoms with Crippen LogP contribution in [0.25, 0.3) is 36.9 Å². The molecule has 7 aromatic rings. The summed E-state index contributed by atoms with van der Waals surface area (Å²) in [5.74, 6) is 3.16. The number of anilines is 3. The first-order valence-electron chi connectivity index (χ1n) is 20.4. The Morgan fingerprint density at radius 3 is 2.07 bits per heavy atom. The smallest absolute Gasteiger partial charge is 0.0730 e. The van der Waals surface area contributed by atoms with Crippen molar-refractivity contribution in [3.05, 3.63) is 227 Å². The van der Waals surface area contributed by atoms with Crippen LogP contribution < -0.4 is 4.90 Å². The Labute approximate surface area is 346 Å². The lowest BCUT2D eigenvalue weighted by Crippen LogP contribution is -2.30. The molecule has 0 radical (unpaired) electrons. The minimum atomic E-state index is -0.539. The zero-order valence-corrected chi connectivity index (χ0v) is 33.5. The molecular formula is C56H43NS. The van der Waals surface area contributed by atoms with Crippen molar-refractivity contribution in [2.75, 3.05) is 4.90 Å². The summed E-state index contributed by atoms with van der Waals surface area (Å²) in [6, 6.07) is 53.6. The number of benzene rings is 6. The van der Waals surface area contributed by atoms with Crippen LogP contribution in [0.4, 0.5) is 17.1 Å². The van der Waals surface area contributed by atoms with Crippen molar-refractivity contribution in [1.82, 2.24) is 0 Å². The standard InChI is InChI=1S/C56H43NS/c1-3-17-51-47(4-2)48-24-14-15-26-52(48)56(51,43-22-12-7-13-23-43)53-27-16-25-50-49-37-36-46(38-54(49)58-55(50)53)57(44-32-28-41(29-33-44)39-18-8-5-9-19-39)45-34-30-42(31-35-45)40-20-10-6-11-21-40/h2-3,5-10,12-13,16-20,22-38H,11,14-15,21H2,1H3/b17-3-. The second-order valence-corrected chi connectivity index (χ2v) is 16.3. The highest BCUT2D eigenvalue weighted by atomic mass is 32.1. The molecule has 0 N–H and O–H groups in total. The van der Waals surface area contributed by atoms with E-state index in [1.807, 2.05) is 11.3 Å². The minimum absolute atomic E-state index is 0.539. The zero-order valence-electron chi connectivity index (χ0n) is 32.7. The molecular weight excluding hydrogens is 719 g/mol. The zero-order chi connectivity index (χ0) is 39.1. The Hall–Kier alpha value is -6.66. The number of terminal acetylenes is 1. The van der Waals surface area contributed by atoms with Crippen LogP contribution in [0.2, 0.25) is 0 Å². The summed E-state index contributed by atoms with van der Waals surface area (Å²) >= 11 is 1.89. The van der Waals surface area contributed by atoms with Gasteiger partial charge in [0.05, 0.1) is 5.41 Å². The van der Waals surface area contributed by atoms with Crippen molar-refractivity contribution >= 4 is 54.1 Å². The fourth-order valence-electron chi connectivity index (χ4n) is 9.49. The second-order valence-electron chi connectivity index (χ2n) is 15.3. The van der Waals surface area contributed by atoms with E-state index in [0.717, 1.165) is 48.3 Å². The molecule has 6 aromatic carbocycles. The van der Waals surface area contributed by atoms with Crippen LogP contribution in [-0.2, 0) is 5.41 Å². The van der Waals surface area contributed by atoms with Gasteiger partial charge in [-0.3, -0.25) is 0 Å². The van der Waals surface area contributed by atoms with Gasteiger partial charge < -0.3 is 4.90 Å². The summed E-state index contributed by atoms with van der Waals surface area (Å²) in [4.78, 5) is 2.40. The molecule has 2 heteroatoms. The van der Waals surface area contributed by atoms with Crippen LogP contribution in [0.15, 0.2) is 210 Å². The number of hydrogen-bond acceptors (Lipinski definition) is 2. The van der Waals surface area contributed by atoms with Gasteiger partial charge in [-0.2, -0.15) is 0 Å². The normalized spacial score (nSPS) is 17.6. The number of thiophene rings is 1. The van der Waals surface area contributed by atoms with Gasteiger partial charge in [0.15, 0.2) is 0 Å². The van der Waals surface area contributed by atoms with Gasteiger partial charge in [0, 0.05) is 42.8 Å². The summed E-state index contributed by atoms with van der Waals surface area (Å²) in [5, 5.41) is 2.54. The Morgan fingerprint density at radius 1 is 0.672 bits per heavy atom. The van der Waals surface area contributed by atoms with Crippen LogP contribution in [0, 0.1) is 12.3 Å². The molecule has 0 bridgehead atoms. The molecule has 3 aliphatic rings. The van der Waals surface area contributed by atoms with E-state index in [-0.39, 0.29) is 0 Å². The highest BCUT2D eigenvalue weighted by Crippen LogP contribution is 2.59. The quantitative estimate of drug-likeness (QED) is 0.139. The molecule has 0 spiro atoms. The Balaban J connectivity index is 1.16. The number of nitrogens with zero attached hydrogens (tertiary/aromatic N) is 1. The van der Waals surface area contributed by atoms with Gasteiger partial charge in [-0.15, -0.1) is 17.8 Å². The number of fused-ring (bicyclic) bond motifs is 4. The van der Waals surface area contributed by atoms with Crippen LogP contribution in [0.3, 0.4) is 0 Å². The van der Waals surface area contributed by atoms with Crippen molar-refractivity contribution in [2.24, 2.45) is 0 Å². The van der Waals surface area contributed by atoms with Gasteiger partial charge in [0.25, 0.3) is 0 Å². The molecule has 278 valence electrons. The third-order valence-electron chi connectivity index (χ3n) is 12.1. The summed E-state index contributed by atoms with van der Waals surface area (Å²) in [6.07, 6.45) is 26.5. The Morgan fingerprint density at radius 2 is 1.36 bits per heavy atom. The van der Waals surface area contributed by atoms with E-state index in [2.05, 4.69) is 206 Å². The highest BCUT2D eigenvalue weighted by molar-refractivity contribution is 7.26. The lowest BCUT2D eigenvalue weighted by Gasteiger charge is -2.36. The van der Waals surface area contributed by atoms with Crippen molar-refractivity contribution < 1.29 is 0 Å². The van der Waals surface area contributed by atoms with Crippen molar-refractivity contribution in [1.29, 1.82) is 0 Å². The van der Waals surface area contributed by atoms with Gasteiger partial charge in [0.2, 0.25) is 0 Å². The lowest BCUT2D eigenvalue weighted by atomic mass is 9.65. The molecule has 1 heterocycles. The average molecular weight is 762 g/mol. The van der Waals surface area contributed by atoms with E-state index in [1.54, 1.807) is 0 Å². The van der Waals surface area contributed by atoms with Crippen LogP contribution in [0.1, 0.15) is 49.3 Å². The van der Waals surface area contributed by atoms with Gasteiger partial charge in [-0.25, -0.2) is 0 Å². The fraction of sp³-hybridized carbons (Fsp3) is 0.107. The Bertz CT molecular complexity index is 2920. The van der Waals surface area contributed by atoms with E-state index in [9.17, 15) is 0 Å². The molecule has 0 saturated heterocycles. The molecule has 1 aromatic heterocycles.